The molecule has 2 N–H and O–H groups in total. The molecule has 3 rings (SSSR count). The molecule has 1 aliphatic rings. The van der Waals surface area contributed by atoms with Crippen molar-refractivity contribution in [2.75, 3.05) is 19.5 Å². The largest absolute Gasteiger partial charge is 0.507 e. The van der Waals surface area contributed by atoms with Gasteiger partial charge in [-0.2, -0.15) is 0 Å². The summed E-state index contributed by atoms with van der Waals surface area (Å²) in [7, 11) is 3.09. The van der Waals surface area contributed by atoms with Crippen LogP contribution in [0.3, 0.4) is 0 Å². The van der Waals surface area contributed by atoms with E-state index in [2.05, 4.69) is 5.32 Å². The minimum atomic E-state index is -0.227. The highest BCUT2D eigenvalue weighted by molar-refractivity contribution is 6.35. The number of aromatic hydroxyl groups is 1. The van der Waals surface area contributed by atoms with Gasteiger partial charge in [-0.1, -0.05) is 12.1 Å². The van der Waals surface area contributed by atoms with Gasteiger partial charge in [0.15, 0.2) is 11.5 Å². The molecule has 0 aromatic heterocycles. The van der Waals surface area contributed by atoms with Crippen LogP contribution < -0.4 is 14.8 Å². The monoisotopic (exact) mass is 311 g/mol. The third-order valence-corrected chi connectivity index (χ3v) is 3.79. The van der Waals surface area contributed by atoms with Crippen LogP contribution in [-0.4, -0.2) is 25.2 Å². The summed E-state index contributed by atoms with van der Waals surface area (Å²) in [6.45, 7) is 1.89. The highest BCUT2D eigenvalue weighted by atomic mass is 16.5. The Morgan fingerprint density at radius 2 is 1.78 bits per heavy atom. The molecular formula is C18H17NO4. The number of rotatable bonds is 3. The molecule has 0 atom stereocenters. The van der Waals surface area contributed by atoms with Crippen LogP contribution in [0.5, 0.6) is 17.2 Å². The van der Waals surface area contributed by atoms with Crippen LogP contribution in [-0.2, 0) is 4.79 Å². The van der Waals surface area contributed by atoms with Crippen molar-refractivity contribution in [1.29, 1.82) is 0 Å². The number of fused-ring (bicyclic) bond motifs is 1. The van der Waals surface area contributed by atoms with Gasteiger partial charge in [-0.15, -0.1) is 0 Å². The summed E-state index contributed by atoms with van der Waals surface area (Å²) in [5, 5.41) is 12.8. The summed E-state index contributed by atoms with van der Waals surface area (Å²) in [6, 6.07) is 8.80. The molecule has 23 heavy (non-hydrogen) atoms. The number of hydrogen-bond acceptors (Lipinski definition) is 4. The predicted octanol–water partition coefficient (Wildman–Crippen LogP) is 3.21. The van der Waals surface area contributed by atoms with Crippen LogP contribution in [0.15, 0.2) is 30.3 Å². The number of carbonyl (C=O) groups excluding carboxylic acids is 1. The van der Waals surface area contributed by atoms with Crippen molar-refractivity contribution >= 4 is 23.2 Å². The van der Waals surface area contributed by atoms with Crippen molar-refractivity contribution in [3.63, 3.8) is 0 Å². The van der Waals surface area contributed by atoms with Crippen molar-refractivity contribution < 1.29 is 19.4 Å². The van der Waals surface area contributed by atoms with Gasteiger partial charge >= 0.3 is 0 Å². The highest BCUT2D eigenvalue weighted by Gasteiger charge is 2.26. The molecule has 1 amide bonds. The lowest BCUT2D eigenvalue weighted by molar-refractivity contribution is -0.110. The standard InChI is InChI=1S/C18H17NO4/c1-10-4-5-11(15(20)6-10)7-13-12-8-16(22-2)17(23-3)9-14(12)19-18(13)21/h4-9,20H,1-3H3,(H,19,21)/b13-7-. The van der Waals surface area contributed by atoms with Gasteiger partial charge in [0.25, 0.3) is 5.91 Å². The van der Waals surface area contributed by atoms with Crippen molar-refractivity contribution in [2.45, 2.75) is 6.92 Å². The number of ether oxygens (including phenoxy) is 2. The summed E-state index contributed by atoms with van der Waals surface area (Å²) >= 11 is 0. The molecule has 0 unspecified atom stereocenters. The lowest BCUT2D eigenvalue weighted by Crippen LogP contribution is -2.03. The molecular weight excluding hydrogens is 294 g/mol. The third kappa shape index (κ3) is 2.61. The van der Waals surface area contributed by atoms with E-state index in [1.807, 2.05) is 13.0 Å². The number of carbonyl (C=O) groups is 1. The number of methoxy groups -OCH3 is 2. The van der Waals surface area contributed by atoms with Crippen molar-refractivity contribution in [3.8, 4) is 17.2 Å². The Kier molecular flexibility index (Phi) is 3.70. The summed E-state index contributed by atoms with van der Waals surface area (Å²) in [4.78, 5) is 12.3. The molecule has 0 aliphatic carbocycles. The van der Waals surface area contributed by atoms with Gasteiger partial charge in [0, 0.05) is 22.8 Å². The number of amides is 1. The van der Waals surface area contributed by atoms with Crippen LogP contribution >= 0.6 is 0 Å². The molecule has 0 saturated heterocycles. The predicted molar refractivity (Wildman–Crippen MR) is 88.9 cm³/mol. The molecule has 0 fully saturated rings. The first-order valence-electron chi connectivity index (χ1n) is 7.12. The second kappa shape index (κ2) is 5.68. The molecule has 2 aromatic rings. The normalized spacial score (nSPS) is 14.6. The minimum Gasteiger partial charge on any atom is -0.507 e. The Hall–Kier alpha value is -2.95. The number of hydrogen-bond donors (Lipinski definition) is 2. The number of aryl methyl sites for hydroxylation is 1. The van der Waals surface area contributed by atoms with E-state index in [0.717, 1.165) is 5.56 Å². The van der Waals surface area contributed by atoms with E-state index >= 15 is 0 Å². The quantitative estimate of drug-likeness (QED) is 0.854. The van der Waals surface area contributed by atoms with Gasteiger partial charge in [-0.25, -0.2) is 0 Å². The topological polar surface area (TPSA) is 67.8 Å². The summed E-state index contributed by atoms with van der Waals surface area (Å²) in [6.07, 6.45) is 1.67. The molecule has 0 spiro atoms. The number of benzene rings is 2. The Morgan fingerprint density at radius 1 is 1.09 bits per heavy atom. The number of phenolic OH excluding ortho intramolecular Hbond substituents is 1. The minimum absolute atomic E-state index is 0.138. The summed E-state index contributed by atoms with van der Waals surface area (Å²) in [5.74, 6) is 1.00. The van der Waals surface area contributed by atoms with Gasteiger partial charge < -0.3 is 19.9 Å². The molecule has 0 radical (unpaired) electrons. The molecule has 5 nitrogen and oxygen atoms in total. The fourth-order valence-electron chi connectivity index (χ4n) is 2.59. The first-order valence-corrected chi connectivity index (χ1v) is 7.12. The highest BCUT2D eigenvalue weighted by Crippen LogP contribution is 2.41. The van der Waals surface area contributed by atoms with Crippen LogP contribution in [0.1, 0.15) is 16.7 Å². The summed E-state index contributed by atoms with van der Waals surface area (Å²) in [5.41, 5.74) is 3.38. The average Bonchev–Trinajstić information content (AvgIpc) is 2.83. The van der Waals surface area contributed by atoms with E-state index in [9.17, 15) is 9.90 Å². The van der Waals surface area contributed by atoms with E-state index in [1.54, 1.807) is 44.6 Å². The van der Waals surface area contributed by atoms with Gasteiger partial charge in [0.05, 0.1) is 19.9 Å². The first kappa shape index (κ1) is 15.0. The van der Waals surface area contributed by atoms with Gasteiger partial charge in [0.2, 0.25) is 0 Å². The first-order chi connectivity index (χ1) is 11.0. The number of anilines is 1. The van der Waals surface area contributed by atoms with Gasteiger partial charge in [-0.05, 0) is 30.7 Å². The van der Waals surface area contributed by atoms with E-state index in [-0.39, 0.29) is 11.7 Å². The Morgan fingerprint density at radius 3 is 2.43 bits per heavy atom. The van der Waals surface area contributed by atoms with Crippen LogP contribution in [0.25, 0.3) is 11.6 Å². The van der Waals surface area contributed by atoms with E-state index in [0.29, 0.717) is 33.9 Å². The smallest absolute Gasteiger partial charge is 0.256 e. The summed E-state index contributed by atoms with van der Waals surface area (Å²) < 4.78 is 10.5. The van der Waals surface area contributed by atoms with Crippen molar-refractivity contribution in [2.24, 2.45) is 0 Å². The maximum absolute atomic E-state index is 12.3. The Balaban J connectivity index is 2.12. The third-order valence-electron chi connectivity index (χ3n) is 3.79. The maximum atomic E-state index is 12.3. The zero-order chi connectivity index (χ0) is 16.6. The number of nitrogens with one attached hydrogen (secondary N) is 1. The lowest BCUT2D eigenvalue weighted by atomic mass is 10.0. The van der Waals surface area contributed by atoms with Gasteiger partial charge in [0.1, 0.15) is 5.75 Å². The SMILES string of the molecule is COc1cc2c(cc1OC)/C(=C/c1ccc(C)cc1O)C(=O)N2. The Bertz CT molecular complexity index is 824. The molecule has 0 saturated carbocycles. The molecule has 2 aromatic carbocycles. The fraction of sp³-hybridized carbons (Fsp3) is 0.167. The second-order valence-electron chi connectivity index (χ2n) is 5.33. The van der Waals surface area contributed by atoms with Crippen LogP contribution in [0.4, 0.5) is 5.69 Å². The number of phenols is 1. The average molecular weight is 311 g/mol. The van der Waals surface area contributed by atoms with Crippen molar-refractivity contribution in [3.05, 3.63) is 47.0 Å². The molecule has 118 valence electrons. The van der Waals surface area contributed by atoms with E-state index in [4.69, 9.17) is 9.47 Å². The second-order valence-corrected chi connectivity index (χ2v) is 5.33. The maximum Gasteiger partial charge on any atom is 0.256 e. The Labute approximate surface area is 134 Å². The molecule has 0 bridgehead atoms. The van der Waals surface area contributed by atoms with E-state index < -0.39 is 0 Å². The van der Waals surface area contributed by atoms with E-state index in [1.165, 1.54) is 0 Å². The molecule has 5 heteroatoms. The molecule has 1 heterocycles. The van der Waals surface area contributed by atoms with Crippen LogP contribution in [0.2, 0.25) is 0 Å². The zero-order valence-corrected chi connectivity index (χ0v) is 13.1. The lowest BCUT2D eigenvalue weighted by Gasteiger charge is -2.09. The van der Waals surface area contributed by atoms with Crippen molar-refractivity contribution in [1.82, 2.24) is 0 Å². The van der Waals surface area contributed by atoms with Crippen LogP contribution in [0, 0.1) is 6.92 Å². The van der Waals surface area contributed by atoms with Gasteiger partial charge in [-0.3, -0.25) is 4.79 Å². The fourth-order valence-corrected chi connectivity index (χ4v) is 2.59. The molecule has 1 aliphatic heterocycles. The zero-order valence-electron chi connectivity index (χ0n) is 13.1.